The van der Waals surface area contributed by atoms with Crippen LogP contribution in [0.3, 0.4) is 0 Å². The number of nitrogens with one attached hydrogen (secondary N) is 1. The molecule has 0 radical (unpaired) electrons. The number of carbonyl (C=O) groups is 1. The summed E-state index contributed by atoms with van der Waals surface area (Å²) < 4.78 is 11.0. The van der Waals surface area contributed by atoms with E-state index in [-0.39, 0.29) is 5.91 Å². The van der Waals surface area contributed by atoms with Gasteiger partial charge in [0.1, 0.15) is 13.2 Å². The second kappa shape index (κ2) is 6.94. The van der Waals surface area contributed by atoms with Gasteiger partial charge in [-0.3, -0.25) is 4.79 Å². The molecular formula is C16H14ClNO3S. The lowest BCUT2D eigenvalue weighted by Gasteiger charge is -2.18. The first-order chi connectivity index (χ1) is 10.7. The molecule has 1 N–H and O–H groups in total. The van der Waals surface area contributed by atoms with Gasteiger partial charge < -0.3 is 14.8 Å². The van der Waals surface area contributed by atoms with E-state index in [1.165, 1.54) is 11.8 Å². The molecule has 0 unspecified atom stereocenters. The molecule has 1 aliphatic rings. The van der Waals surface area contributed by atoms with Gasteiger partial charge in [0, 0.05) is 15.6 Å². The number of halogens is 1. The smallest absolute Gasteiger partial charge is 0.234 e. The van der Waals surface area contributed by atoms with Gasteiger partial charge in [-0.2, -0.15) is 0 Å². The molecule has 0 aromatic heterocycles. The van der Waals surface area contributed by atoms with E-state index in [2.05, 4.69) is 5.32 Å². The minimum Gasteiger partial charge on any atom is -0.486 e. The summed E-state index contributed by atoms with van der Waals surface area (Å²) >= 11 is 7.33. The van der Waals surface area contributed by atoms with E-state index in [4.69, 9.17) is 21.1 Å². The molecule has 1 heterocycles. The van der Waals surface area contributed by atoms with Crippen molar-refractivity contribution in [1.82, 2.24) is 0 Å². The highest BCUT2D eigenvalue weighted by molar-refractivity contribution is 8.00. The van der Waals surface area contributed by atoms with Crippen LogP contribution in [0.4, 0.5) is 5.69 Å². The number of hydrogen-bond donors (Lipinski definition) is 1. The Morgan fingerprint density at radius 2 is 1.95 bits per heavy atom. The molecule has 3 rings (SSSR count). The Kier molecular flexibility index (Phi) is 4.75. The van der Waals surface area contributed by atoms with Crippen LogP contribution in [0.2, 0.25) is 5.02 Å². The quantitative estimate of drug-likeness (QED) is 0.862. The van der Waals surface area contributed by atoms with Gasteiger partial charge in [0.05, 0.1) is 5.75 Å². The van der Waals surface area contributed by atoms with Gasteiger partial charge in [-0.15, -0.1) is 11.8 Å². The molecule has 6 heteroatoms. The molecule has 0 bridgehead atoms. The zero-order valence-electron chi connectivity index (χ0n) is 11.7. The number of carbonyl (C=O) groups excluding carboxylic acids is 1. The molecular weight excluding hydrogens is 322 g/mol. The predicted molar refractivity (Wildman–Crippen MR) is 88.2 cm³/mol. The minimum atomic E-state index is -0.0813. The molecule has 0 saturated carbocycles. The highest BCUT2D eigenvalue weighted by Gasteiger charge is 2.12. The van der Waals surface area contributed by atoms with Crippen molar-refractivity contribution >= 4 is 35.0 Å². The Balaban J connectivity index is 1.57. The number of anilines is 1. The summed E-state index contributed by atoms with van der Waals surface area (Å²) in [6.07, 6.45) is 0. The fourth-order valence-corrected chi connectivity index (χ4v) is 2.94. The van der Waals surface area contributed by atoms with E-state index >= 15 is 0 Å². The van der Waals surface area contributed by atoms with E-state index in [0.717, 1.165) is 16.4 Å². The van der Waals surface area contributed by atoms with Gasteiger partial charge in [-0.25, -0.2) is 0 Å². The fraction of sp³-hybridized carbons (Fsp3) is 0.188. The zero-order chi connectivity index (χ0) is 15.4. The number of hydrogen-bond acceptors (Lipinski definition) is 4. The maximum absolute atomic E-state index is 12.0. The topological polar surface area (TPSA) is 47.6 Å². The van der Waals surface area contributed by atoms with Gasteiger partial charge in [-0.1, -0.05) is 17.7 Å². The second-order valence-corrected chi connectivity index (χ2v) is 6.14. The molecule has 0 spiro atoms. The van der Waals surface area contributed by atoms with Crippen molar-refractivity contribution in [2.24, 2.45) is 0 Å². The molecule has 22 heavy (non-hydrogen) atoms. The van der Waals surface area contributed by atoms with Crippen LogP contribution in [0.25, 0.3) is 0 Å². The van der Waals surface area contributed by atoms with E-state index in [0.29, 0.717) is 29.7 Å². The standard InChI is InChI=1S/C16H14ClNO3S/c17-11-2-1-3-12(8-11)18-16(19)10-22-13-4-5-14-15(9-13)21-7-6-20-14/h1-5,8-9H,6-7,10H2,(H,18,19). The fourth-order valence-electron chi connectivity index (χ4n) is 2.03. The van der Waals surface area contributed by atoms with Crippen molar-refractivity contribution in [2.75, 3.05) is 24.3 Å². The van der Waals surface area contributed by atoms with Crippen LogP contribution in [0.5, 0.6) is 11.5 Å². The van der Waals surface area contributed by atoms with Crippen LogP contribution in [0.1, 0.15) is 0 Å². The zero-order valence-corrected chi connectivity index (χ0v) is 13.2. The molecule has 2 aromatic rings. The van der Waals surface area contributed by atoms with Crippen molar-refractivity contribution in [3.8, 4) is 11.5 Å². The lowest BCUT2D eigenvalue weighted by atomic mass is 10.3. The average Bonchev–Trinajstić information content (AvgIpc) is 2.53. The van der Waals surface area contributed by atoms with Gasteiger partial charge in [-0.05, 0) is 36.4 Å². The van der Waals surface area contributed by atoms with Gasteiger partial charge in [0.25, 0.3) is 0 Å². The molecule has 114 valence electrons. The van der Waals surface area contributed by atoms with Crippen LogP contribution in [0, 0.1) is 0 Å². The third kappa shape index (κ3) is 3.87. The van der Waals surface area contributed by atoms with Crippen molar-refractivity contribution in [3.05, 3.63) is 47.5 Å². The van der Waals surface area contributed by atoms with Gasteiger partial charge >= 0.3 is 0 Å². The number of thioether (sulfide) groups is 1. The van der Waals surface area contributed by atoms with Crippen molar-refractivity contribution in [3.63, 3.8) is 0 Å². The maximum Gasteiger partial charge on any atom is 0.234 e. The van der Waals surface area contributed by atoms with Crippen molar-refractivity contribution < 1.29 is 14.3 Å². The summed E-state index contributed by atoms with van der Waals surface area (Å²) in [7, 11) is 0. The van der Waals surface area contributed by atoms with Gasteiger partial charge in [0.2, 0.25) is 5.91 Å². The molecule has 0 fully saturated rings. The van der Waals surface area contributed by atoms with Crippen LogP contribution in [-0.4, -0.2) is 24.9 Å². The lowest BCUT2D eigenvalue weighted by molar-refractivity contribution is -0.113. The molecule has 0 saturated heterocycles. The van der Waals surface area contributed by atoms with Crippen molar-refractivity contribution in [2.45, 2.75) is 4.90 Å². The molecule has 1 aliphatic heterocycles. The molecule has 0 aliphatic carbocycles. The molecule has 0 atom stereocenters. The lowest BCUT2D eigenvalue weighted by Crippen LogP contribution is -2.15. The highest BCUT2D eigenvalue weighted by Crippen LogP contribution is 2.34. The van der Waals surface area contributed by atoms with E-state index in [1.54, 1.807) is 24.3 Å². The average molecular weight is 336 g/mol. The number of fused-ring (bicyclic) bond motifs is 1. The van der Waals surface area contributed by atoms with Gasteiger partial charge in [0.15, 0.2) is 11.5 Å². The molecule has 4 nitrogen and oxygen atoms in total. The Hall–Kier alpha value is -1.85. The third-order valence-electron chi connectivity index (χ3n) is 2.99. The van der Waals surface area contributed by atoms with Crippen LogP contribution in [-0.2, 0) is 4.79 Å². The number of benzene rings is 2. The number of amides is 1. The first-order valence-corrected chi connectivity index (χ1v) is 8.15. The number of ether oxygens (including phenoxy) is 2. The van der Waals surface area contributed by atoms with Crippen LogP contribution >= 0.6 is 23.4 Å². The first-order valence-electron chi connectivity index (χ1n) is 6.78. The number of rotatable bonds is 4. The molecule has 2 aromatic carbocycles. The maximum atomic E-state index is 12.0. The Morgan fingerprint density at radius 3 is 2.77 bits per heavy atom. The summed E-state index contributed by atoms with van der Waals surface area (Å²) in [5.41, 5.74) is 0.695. The normalized spacial score (nSPS) is 12.8. The summed E-state index contributed by atoms with van der Waals surface area (Å²) in [4.78, 5) is 12.9. The SMILES string of the molecule is O=C(CSc1ccc2c(c1)OCCO2)Nc1cccc(Cl)c1. The third-order valence-corrected chi connectivity index (χ3v) is 4.22. The summed E-state index contributed by atoms with van der Waals surface area (Å²) in [6, 6.07) is 12.8. The predicted octanol–water partition coefficient (Wildman–Crippen LogP) is 3.84. The summed E-state index contributed by atoms with van der Waals surface area (Å²) in [6.45, 7) is 1.12. The first kappa shape index (κ1) is 15.1. The van der Waals surface area contributed by atoms with E-state index in [9.17, 15) is 4.79 Å². The highest BCUT2D eigenvalue weighted by atomic mass is 35.5. The van der Waals surface area contributed by atoms with E-state index in [1.807, 2.05) is 18.2 Å². The van der Waals surface area contributed by atoms with E-state index < -0.39 is 0 Å². The second-order valence-electron chi connectivity index (χ2n) is 4.65. The monoisotopic (exact) mass is 335 g/mol. The minimum absolute atomic E-state index is 0.0813. The van der Waals surface area contributed by atoms with Crippen molar-refractivity contribution in [1.29, 1.82) is 0 Å². The molecule has 1 amide bonds. The Bertz CT molecular complexity index is 693. The van der Waals surface area contributed by atoms with Crippen LogP contribution < -0.4 is 14.8 Å². The Labute approximate surface area is 137 Å². The van der Waals surface area contributed by atoms with Crippen LogP contribution in [0.15, 0.2) is 47.4 Å². The summed E-state index contributed by atoms with van der Waals surface area (Å²) in [5.74, 6) is 1.71. The largest absolute Gasteiger partial charge is 0.486 e. The summed E-state index contributed by atoms with van der Waals surface area (Å²) in [5, 5.41) is 3.41. The Morgan fingerprint density at radius 1 is 1.14 bits per heavy atom.